The van der Waals surface area contributed by atoms with Gasteiger partial charge >= 0.3 is 0 Å². The molecule has 0 aromatic heterocycles. The van der Waals surface area contributed by atoms with Gasteiger partial charge in [-0.05, 0) is 77.9 Å². The van der Waals surface area contributed by atoms with Crippen molar-refractivity contribution in [2.75, 3.05) is 17.4 Å². The smallest absolute Gasteiger partial charge is 0.272 e. The minimum Gasteiger partial charge on any atom is -0.454 e. The lowest BCUT2D eigenvalue weighted by molar-refractivity contribution is -0.115. The number of carbonyl (C=O) groups is 3. The van der Waals surface area contributed by atoms with Crippen LogP contribution in [0.15, 0.2) is 126 Å². The molecule has 9 heteroatoms. The summed E-state index contributed by atoms with van der Waals surface area (Å²) in [5.74, 6) is 0.229. The number of hydrogen-bond acceptors (Lipinski definition) is 6. The van der Waals surface area contributed by atoms with Crippen LogP contribution in [0.1, 0.15) is 22.8 Å². The molecule has 0 saturated carbocycles. The number of thioether (sulfide) groups is 1. The maximum atomic E-state index is 13.5. The Morgan fingerprint density at radius 2 is 1.47 bits per heavy atom. The average molecular weight is 616 g/mol. The molecule has 0 saturated heterocycles. The third-order valence-electron chi connectivity index (χ3n) is 7.09. The molecule has 0 spiro atoms. The van der Waals surface area contributed by atoms with Crippen LogP contribution in [0.5, 0.6) is 11.5 Å². The van der Waals surface area contributed by atoms with Crippen molar-refractivity contribution in [3.05, 3.63) is 132 Å². The number of benzene rings is 5. The Bertz CT molecular complexity index is 1900. The molecule has 1 aliphatic heterocycles. The van der Waals surface area contributed by atoms with E-state index in [-0.39, 0.29) is 23.6 Å². The third-order valence-corrected chi connectivity index (χ3v) is 8.20. The van der Waals surface area contributed by atoms with Crippen molar-refractivity contribution in [1.29, 1.82) is 0 Å². The van der Waals surface area contributed by atoms with Crippen molar-refractivity contribution >= 4 is 57.7 Å². The van der Waals surface area contributed by atoms with Crippen LogP contribution in [0.3, 0.4) is 0 Å². The van der Waals surface area contributed by atoms with Crippen LogP contribution in [0.2, 0.25) is 0 Å². The fraction of sp³-hybridized carbons (Fsp3) is 0.0833. The molecule has 1 unspecified atom stereocenters. The zero-order valence-electron chi connectivity index (χ0n) is 24.3. The Labute approximate surface area is 264 Å². The van der Waals surface area contributed by atoms with Crippen molar-refractivity contribution < 1.29 is 23.9 Å². The molecule has 224 valence electrons. The monoisotopic (exact) mass is 615 g/mol. The lowest BCUT2D eigenvalue weighted by Crippen LogP contribution is -2.30. The SMILES string of the molecule is CC(Sc1ccc(NC(=O)/C(=C/c2cccc3ccccc23)NC(=O)c2ccccc2)cc1)C(=O)Nc1ccc2c(c1)OCO2. The van der Waals surface area contributed by atoms with Gasteiger partial charge in [0, 0.05) is 27.9 Å². The van der Waals surface area contributed by atoms with Gasteiger partial charge in [-0.1, -0.05) is 60.7 Å². The molecule has 6 rings (SSSR count). The largest absolute Gasteiger partial charge is 0.454 e. The van der Waals surface area contributed by atoms with Gasteiger partial charge < -0.3 is 25.4 Å². The molecule has 1 atom stereocenters. The molecule has 0 radical (unpaired) electrons. The van der Waals surface area contributed by atoms with Gasteiger partial charge in [-0.3, -0.25) is 14.4 Å². The predicted molar refractivity (Wildman–Crippen MR) is 177 cm³/mol. The minimum absolute atomic E-state index is 0.104. The average Bonchev–Trinajstić information content (AvgIpc) is 3.54. The lowest BCUT2D eigenvalue weighted by Gasteiger charge is -2.14. The zero-order chi connectivity index (χ0) is 31.2. The number of hydrogen-bond donors (Lipinski definition) is 3. The van der Waals surface area contributed by atoms with E-state index in [9.17, 15) is 14.4 Å². The van der Waals surface area contributed by atoms with Gasteiger partial charge in [0.15, 0.2) is 11.5 Å². The highest BCUT2D eigenvalue weighted by Crippen LogP contribution is 2.34. The molecule has 1 heterocycles. The quantitative estimate of drug-likeness (QED) is 0.121. The summed E-state index contributed by atoms with van der Waals surface area (Å²) in [6.07, 6.45) is 1.68. The highest BCUT2D eigenvalue weighted by molar-refractivity contribution is 8.00. The Morgan fingerprint density at radius 3 is 2.29 bits per heavy atom. The van der Waals surface area contributed by atoms with Crippen molar-refractivity contribution in [3.63, 3.8) is 0 Å². The van der Waals surface area contributed by atoms with Crippen molar-refractivity contribution in [2.45, 2.75) is 17.1 Å². The second-order valence-corrected chi connectivity index (χ2v) is 11.7. The van der Waals surface area contributed by atoms with E-state index in [4.69, 9.17) is 9.47 Å². The molecule has 5 aromatic rings. The first kappa shape index (κ1) is 29.5. The van der Waals surface area contributed by atoms with Gasteiger partial charge in [-0.25, -0.2) is 0 Å². The standard InChI is InChI=1S/C36H29N3O5S/c1-23(34(40)38-28-16-19-32-33(21-28)44-22-43-32)45-29-17-14-27(15-18-29)37-36(42)31(39-35(41)25-9-3-2-4-10-25)20-26-12-7-11-24-8-5-6-13-30(24)26/h2-21,23H,22H2,1H3,(H,37,42)(H,38,40)(H,39,41)/b31-20-. The molecule has 8 nitrogen and oxygen atoms in total. The van der Waals surface area contributed by atoms with Gasteiger partial charge in [0.05, 0.1) is 5.25 Å². The van der Waals surface area contributed by atoms with Crippen molar-refractivity contribution in [2.24, 2.45) is 0 Å². The lowest BCUT2D eigenvalue weighted by atomic mass is 10.0. The first-order valence-corrected chi connectivity index (χ1v) is 15.2. The summed E-state index contributed by atoms with van der Waals surface area (Å²) in [6, 6.07) is 34.9. The first-order chi connectivity index (χ1) is 21.9. The van der Waals surface area contributed by atoms with Crippen LogP contribution in [-0.4, -0.2) is 29.8 Å². The highest BCUT2D eigenvalue weighted by Gasteiger charge is 2.19. The Morgan fingerprint density at radius 1 is 0.756 bits per heavy atom. The van der Waals surface area contributed by atoms with E-state index in [0.29, 0.717) is 28.4 Å². The predicted octanol–water partition coefficient (Wildman–Crippen LogP) is 7.10. The molecular weight excluding hydrogens is 586 g/mol. The van der Waals surface area contributed by atoms with E-state index < -0.39 is 11.8 Å². The Balaban J connectivity index is 1.15. The summed E-state index contributed by atoms with van der Waals surface area (Å²) in [5, 5.41) is 10.2. The van der Waals surface area contributed by atoms with Crippen molar-refractivity contribution in [3.8, 4) is 11.5 Å². The van der Waals surface area contributed by atoms with Gasteiger partial charge in [0.25, 0.3) is 11.8 Å². The third kappa shape index (κ3) is 7.17. The number of nitrogens with one attached hydrogen (secondary N) is 3. The summed E-state index contributed by atoms with van der Waals surface area (Å²) in [6.45, 7) is 1.99. The summed E-state index contributed by atoms with van der Waals surface area (Å²) in [5.41, 5.74) is 2.51. The molecule has 3 amide bonds. The van der Waals surface area contributed by atoms with Gasteiger partial charge in [-0.15, -0.1) is 11.8 Å². The first-order valence-electron chi connectivity index (χ1n) is 14.3. The summed E-state index contributed by atoms with van der Waals surface area (Å²) < 4.78 is 10.7. The van der Waals surface area contributed by atoms with Gasteiger partial charge in [-0.2, -0.15) is 0 Å². The molecule has 0 aliphatic carbocycles. The topological polar surface area (TPSA) is 106 Å². The maximum Gasteiger partial charge on any atom is 0.272 e. The Hall–Kier alpha value is -5.54. The maximum absolute atomic E-state index is 13.5. The van der Waals surface area contributed by atoms with Crippen LogP contribution in [0, 0.1) is 0 Å². The van der Waals surface area contributed by atoms with E-state index in [1.54, 1.807) is 60.7 Å². The van der Waals surface area contributed by atoms with Gasteiger partial charge in [0.2, 0.25) is 12.7 Å². The van der Waals surface area contributed by atoms with E-state index in [1.807, 2.05) is 67.6 Å². The number of fused-ring (bicyclic) bond motifs is 2. The Kier molecular flexibility index (Phi) is 8.79. The molecular formula is C36H29N3O5S. The highest BCUT2D eigenvalue weighted by atomic mass is 32.2. The molecule has 5 aromatic carbocycles. The fourth-order valence-electron chi connectivity index (χ4n) is 4.77. The second kappa shape index (κ2) is 13.4. The van der Waals surface area contributed by atoms with E-state index >= 15 is 0 Å². The number of rotatable bonds is 9. The normalized spacial score (nSPS) is 12.8. The van der Waals surface area contributed by atoms with Gasteiger partial charge in [0.1, 0.15) is 5.70 Å². The van der Waals surface area contributed by atoms with Crippen LogP contribution in [0.25, 0.3) is 16.8 Å². The zero-order valence-corrected chi connectivity index (χ0v) is 25.1. The van der Waals surface area contributed by atoms with Crippen LogP contribution in [-0.2, 0) is 9.59 Å². The van der Waals surface area contributed by atoms with E-state index in [1.165, 1.54) is 11.8 Å². The summed E-state index contributed by atoms with van der Waals surface area (Å²) in [4.78, 5) is 40.3. The molecule has 3 N–H and O–H groups in total. The molecule has 0 fully saturated rings. The summed E-state index contributed by atoms with van der Waals surface area (Å²) in [7, 11) is 0. The second-order valence-electron chi connectivity index (χ2n) is 10.2. The number of ether oxygens (including phenoxy) is 2. The molecule has 1 aliphatic rings. The van der Waals surface area contributed by atoms with Crippen LogP contribution >= 0.6 is 11.8 Å². The van der Waals surface area contributed by atoms with E-state index in [2.05, 4.69) is 16.0 Å². The number of anilines is 2. The summed E-state index contributed by atoms with van der Waals surface area (Å²) >= 11 is 1.39. The molecule has 0 bridgehead atoms. The number of carbonyl (C=O) groups excluding carboxylic acids is 3. The van der Waals surface area contributed by atoms with Crippen molar-refractivity contribution in [1.82, 2.24) is 5.32 Å². The van der Waals surface area contributed by atoms with Crippen LogP contribution in [0.4, 0.5) is 11.4 Å². The molecule has 45 heavy (non-hydrogen) atoms. The minimum atomic E-state index is -0.468. The fourth-order valence-corrected chi connectivity index (χ4v) is 5.63. The number of amides is 3. The van der Waals surface area contributed by atoms with Crippen LogP contribution < -0.4 is 25.4 Å². The van der Waals surface area contributed by atoms with E-state index in [0.717, 1.165) is 21.2 Å².